The normalized spacial score (nSPS) is 11.8. The van der Waals surface area contributed by atoms with Crippen LogP contribution < -0.4 is 10.9 Å². The highest BCUT2D eigenvalue weighted by Crippen LogP contribution is 2.26. The Morgan fingerprint density at radius 3 is 2.48 bits per heavy atom. The maximum Gasteiger partial charge on any atom is 0.267 e. The van der Waals surface area contributed by atoms with Gasteiger partial charge in [-0.1, -0.05) is 42.1 Å². The van der Waals surface area contributed by atoms with Gasteiger partial charge in [0.1, 0.15) is 5.82 Å². The zero-order valence-electron chi connectivity index (χ0n) is 18.4. The first-order valence-corrected chi connectivity index (χ1v) is 11.3. The largest absolute Gasteiger partial charge is 0.324 e. The summed E-state index contributed by atoms with van der Waals surface area (Å²) in [6.07, 6.45) is 1.68. The fourth-order valence-electron chi connectivity index (χ4n) is 3.33. The van der Waals surface area contributed by atoms with E-state index < -0.39 is 5.25 Å². The molecule has 33 heavy (non-hydrogen) atoms. The van der Waals surface area contributed by atoms with E-state index in [1.54, 1.807) is 61.7 Å². The van der Waals surface area contributed by atoms with E-state index in [-0.39, 0.29) is 17.2 Å². The van der Waals surface area contributed by atoms with Crippen LogP contribution in [0, 0.1) is 6.92 Å². The molecule has 2 aromatic carbocycles. The summed E-state index contributed by atoms with van der Waals surface area (Å²) in [7, 11) is 0. The fraction of sp³-hybridized carbons (Fsp3) is 0.160. The van der Waals surface area contributed by atoms with Crippen molar-refractivity contribution in [3.63, 3.8) is 0 Å². The third-order valence-electron chi connectivity index (χ3n) is 5.09. The molecule has 1 amide bonds. The van der Waals surface area contributed by atoms with Gasteiger partial charge in [0.05, 0.1) is 21.8 Å². The zero-order chi connectivity index (χ0) is 23.5. The molecule has 1 N–H and O–H groups in total. The first kappa shape index (κ1) is 22.4. The molecule has 0 aliphatic heterocycles. The van der Waals surface area contributed by atoms with Crippen LogP contribution in [0.15, 0.2) is 76.8 Å². The van der Waals surface area contributed by atoms with Crippen molar-refractivity contribution in [1.82, 2.24) is 14.5 Å². The third kappa shape index (κ3) is 4.70. The van der Waals surface area contributed by atoms with Crippen LogP contribution in [0.3, 0.4) is 0 Å². The molecular formula is C25H22N4O3S. The van der Waals surface area contributed by atoms with Gasteiger partial charge in [-0.3, -0.25) is 14.4 Å². The molecule has 0 fully saturated rings. The number of thioether (sulfide) groups is 1. The molecule has 0 saturated carbocycles. The second kappa shape index (κ2) is 9.38. The number of carbonyl (C=O) groups is 2. The summed E-state index contributed by atoms with van der Waals surface area (Å²) >= 11 is 1.15. The molecule has 0 unspecified atom stereocenters. The Balaban J connectivity index is 1.71. The molecule has 4 aromatic rings. The topological polar surface area (TPSA) is 94.0 Å². The molecule has 4 rings (SSSR count). The number of amides is 1. The van der Waals surface area contributed by atoms with Gasteiger partial charge in [-0.15, -0.1) is 0 Å². The Morgan fingerprint density at radius 2 is 1.76 bits per heavy atom. The van der Waals surface area contributed by atoms with Gasteiger partial charge in [-0.25, -0.2) is 14.5 Å². The second-order valence-corrected chi connectivity index (χ2v) is 8.90. The Hall–Kier alpha value is -3.78. The molecule has 1 atom stereocenters. The Labute approximate surface area is 194 Å². The lowest BCUT2D eigenvalue weighted by Crippen LogP contribution is -2.27. The van der Waals surface area contributed by atoms with E-state index in [1.807, 2.05) is 19.1 Å². The number of benzene rings is 2. The minimum absolute atomic E-state index is 0.137. The van der Waals surface area contributed by atoms with Crippen LogP contribution >= 0.6 is 11.8 Å². The number of Topliss-reactive ketones (excluding diaryl/α,β-unsaturated/α-hetero) is 1. The van der Waals surface area contributed by atoms with E-state index in [0.717, 1.165) is 17.3 Å². The molecule has 8 heteroatoms. The Bertz CT molecular complexity index is 1410. The second-order valence-electron chi connectivity index (χ2n) is 7.60. The summed E-state index contributed by atoms with van der Waals surface area (Å²) in [4.78, 5) is 47.2. The first-order chi connectivity index (χ1) is 15.8. The molecule has 0 saturated heterocycles. The lowest BCUT2D eigenvalue weighted by Gasteiger charge is -2.16. The lowest BCUT2D eigenvalue weighted by atomic mass is 10.1. The van der Waals surface area contributed by atoms with Crippen molar-refractivity contribution in [2.75, 3.05) is 5.32 Å². The lowest BCUT2D eigenvalue weighted by molar-refractivity contribution is -0.115. The smallest absolute Gasteiger partial charge is 0.267 e. The number of para-hydroxylation sites is 2. The van der Waals surface area contributed by atoms with Gasteiger partial charge in [-0.05, 0) is 56.7 Å². The summed E-state index contributed by atoms with van der Waals surface area (Å²) in [5.74, 6) is -0.0119. The van der Waals surface area contributed by atoms with Crippen molar-refractivity contribution < 1.29 is 9.59 Å². The number of carbonyl (C=O) groups excluding carboxylic acids is 2. The summed E-state index contributed by atoms with van der Waals surface area (Å²) in [5.41, 5.74) is 2.14. The van der Waals surface area contributed by atoms with Gasteiger partial charge in [0.2, 0.25) is 5.91 Å². The monoisotopic (exact) mass is 458 g/mol. The number of nitrogens with one attached hydrogen (secondary N) is 1. The van der Waals surface area contributed by atoms with E-state index in [2.05, 4.69) is 15.3 Å². The van der Waals surface area contributed by atoms with Crippen molar-refractivity contribution in [2.45, 2.75) is 31.2 Å². The minimum atomic E-state index is -0.602. The Morgan fingerprint density at radius 1 is 1.03 bits per heavy atom. The third-order valence-corrected chi connectivity index (χ3v) is 6.14. The van der Waals surface area contributed by atoms with Crippen molar-refractivity contribution in [3.8, 4) is 5.82 Å². The average molecular weight is 459 g/mol. The molecule has 0 aliphatic carbocycles. The summed E-state index contributed by atoms with van der Waals surface area (Å²) in [5, 5.41) is 3.04. The van der Waals surface area contributed by atoms with Crippen molar-refractivity contribution in [3.05, 3.63) is 88.3 Å². The van der Waals surface area contributed by atoms with Gasteiger partial charge in [-0.2, -0.15) is 0 Å². The number of rotatable bonds is 6. The number of hydrogen-bond donors (Lipinski definition) is 1. The highest BCUT2D eigenvalue weighted by atomic mass is 32.2. The number of anilines is 1. The number of nitrogens with zero attached hydrogens (tertiary/aromatic N) is 3. The van der Waals surface area contributed by atoms with Crippen molar-refractivity contribution in [1.29, 1.82) is 0 Å². The number of fused-ring (bicyclic) bond motifs is 1. The van der Waals surface area contributed by atoms with Crippen LogP contribution in [0.25, 0.3) is 16.7 Å². The molecular weight excluding hydrogens is 436 g/mol. The van der Waals surface area contributed by atoms with E-state index in [9.17, 15) is 14.4 Å². The molecule has 0 aliphatic rings. The fourth-order valence-corrected chi connectivity index (χ4v) is 4.25. The SMILES string of the molecule is CC(=O)c1ccccc1NC(=O)[C@H](C)Sc1nc2ccccc2c(=O)n1-c1ccc(C)cn1. The Kier molecular flexibility index (Phi) is 6.37. The molecule has 166 valence electrons. The highest BCUT2D eigenvalue weighted by Gasteiger charge is 2.22. The predicted octanol–water partition coefficient (Wildman–Crippen LogP) is 4.41. The van der Waals surface area contributed by atoms with Crippen molar-refractivity contribution >= 4 is 40.0 Å². The minimum Gasteiger partial charge on any atom is -0.324 e. The van der Waals surface area contributed by atoms with Gasteiger partial charge in [0.25, 0.3) is 5.56 Å². The number of aryl methyl sites for hydroxylation is 1. The number of ketones is 1. The van der Waals surface area contributed by atoms with Gasteiger partial charge in [0.15, 0.2) is 10.9 Å². The van der Waals surface area contributed by atoms with Crippen molar-refractivity contribution in [2.24, 2.45) is 0 Å². The average Bonchev–Trinajstić information content (AvgIpc) is 2.80. The number of hydrogen-bond acceptors (Lipinski definition) is 6. The summed E-state index contributed by atoms with van der Waals surface area (Å²) < 4.78 is 1.43. The molecule has 0 bridgehead atoms. The molecule has 7 nitrogen and oxygen atoms in total. The highest BCUT2D eigenvalue weighted by molar-refractivity contribution is 8.00. The van der Waals surface area contributed by atoms with E-state index in [0.29, 0.717) is 33.1 Å². The van der Waals surface area contributed by atoms with E-state index in [1.165, 1.54) is 11.5 Å². The van der Waals surface area contributed by atoms with Gasteiger partial charge < -0.3 is 5.32 Å². The van der Waals surface area contributed by atoms with Crippen LogP contribution in [0.5, 0.6) is 0 Å². The molecule has 2 aromatic heterocycles. The number of pyridine rings is 1. The maximum absolute atomic E-state index is 13.3. The van der Waals surface area contributed by atoms with Crippen LogP contribution in [-0.4, -0.2) is 31.5 Å². The van der Waals surface area contributed by atoms with Crippen LogP contribution in [0.1, 0.15) is 29.8 Å². The maximum atomic E-state index is 13.3. The van der Waals surface area contributed by atoms with Crippen LogP contribution in [0.2, 0.25) is 0 Å². The van der Waals surface area contributed by atoms with E-state index in [4.69, 9.17) is 0 Å². The van der Waals surface area contributed by atoms with Gasteiger partial charge >= 0.3 is 0 Å². The molecule has 0 radical (unpaired) electrons. The standard InChI is InChI=1S/C25H22N4O3S/c1-15-12-13-22(26-14-15)29-24(32)19-9-5-7-11-21(19)28-25(29)33-17(3)23(31)27-20-10-6-4-8-18(20)16(2)30/h4-14,17H,1-3H3,(H,27,31)/t17-/m0/s1. The molecule has 0 spiro atoms. The van der Waals surface area contributed by atoms with E-state index >= 15 is 0 Å². The molecule has 2 heterocycles. The summed E-state index contributed by atoms with van der Waals surface area (Å²) in [6.45, 7) is 5.10. The zero-order valence-corrected chi connectivity index (χ0v) is 19.2. The summed E-state index contributed by atoms with van der Waals surface area (Å²) in [6, 6.07) is 17.6. The van der Waals surface area contributed by atoms with Crippen LogP contribution in [-0.2, 0) is 4.79 Å². The quantitative estimate of drug-likeness (QED) is 0.261. The van der Waals surface area contributed by atoms with Gasteiger partial charge in [0, 0.05) is 11.8 Å². The van der Waals surface area contributed by atoms with Crippen LogP contribution in [0.4, 0.5) is 5.69 Å². The first-order valence-electron chi connectivity index (χ1n) is 10.4. The predicted molar refractivity (Wildman–Crippen MR) is 130 cm³/mol. The number of aromatic nitrogens is 3.